The van der Waals surface area contributed by atoms with Crippen LogP contribution in [0.25, 0.3) is 0 Å². The minimum Gasteiger partial charge on any atom is -0.388 e. The fourth-order valence-corrected chi connectivity index (χ4v) is 2.52. The summed E-state index contributed by atoms with van der Waals surface area (Å²) in [5.41, 5.74) is 2.55. The van der Waals surface area contributed by atoms with Crippen molar-refractivity contribution < 1.29 is 5.11 Å². The number of unbranched alkanes of at least 4 members (excludes halogenated alkanes) is 2. The van der Waals surface area contributed by atoms with E-state index in [0.29, 0.717) is 0 Å². The Hall–Kier alpha value is -0.820. The van der Waals surface area contributed by atoms with Crippen LogP contribution in [0.1, 0.15) is 75.0 Å². The lowest BCUT2D eigenvalue weighted by atomic mass is 9.79. The molecule has 1 aromatic rings. The van der Waals surface area contributed by atoms with Crippen LogP contribution < -0.4 is 0 Å². The van der Waals surface area contributed by atoms with Gasteiger partial charge >= 0.3 is 0 Å². The molecule has 1 fully saturated rings. The zero-order valence-corrected chi connectivity index (χ0v) is 10.9. The Balaban J connectivity index is 1.94. The van der Waals surface area contributed by atoms with Crippen LogP contribution in [0.3, 0.4) is 0 Å². The maximum Gasteiger partial charge on any atom is 0.0790 e. The summed E-state index contributed by atoms with van der Waals surface area (Å²) in [5, 5.41) is 10.1. The second kappa shape index (κ2) is 6.20. The number of aliphatic hydroxyl groups excluding tert-OH is 1. The Morgan fingerprint density at radius 3 is 2.76 bits per heavy atom. The van der Waals surface area contributed by atoms with Crippen LogP contribution in [0, 0.1) is 0 Å². The van der Waals surface area contributed by atoms with Crippen LogP contribution in [0.2, 0.25) is 0 Å². The van der Waals surface area contributed by atoms with E-state index in [4.69, 9.17) is 0 Å². The predicted molar refractivity (Wildman–Crippen MR) is 72.1 cm³/mol. The van der Waals surface area contributed by atoms with Gasteiger partial charge in [0.05, 0.1) is 6.10 Å². The highest BCUT2D eigenvalue weighted by Crippen LogP contribution is 2.37. The molecule has 1 saturated carbocycles. The zero-order valence-electron chi connectivity index (χ0n) is 10.9. The van der Waals surface area contributed by atoms with E-state index in [1.807, 2.05) is 0 Å². The second-order valence-electron chi connectivity index (χ2n) is 5.31. The summed E-state index contributed by atoms with van der Waals surface area (Å²) in [5.74, 6) is 0.762. The molecule has 1 aliphatic carbocycles. The number of hydrogen-bond donors (Lipinski definition) is 1. The lowest BCUT2D eigenvalue weighted by Crippen LogP contribution is -2.09. The van der Waals surface area contributed by atoms with Gasteiger partial charge in [0.25, 0.3) is 0 Å². The van der Waals surface area contributed by atoms with Crippen LogP contribution in [0.15, 0.2) is 24.3 Å². The Bertz CT molecular complexity index is 341. The van der Waals surface area contributed by atoms with Gasteiger partial charge in [0.2, 0.25) is 0 Å². The number of benzene rings is 1. The van der Waals surface area contributed by atoms with Crippen LogP contribution in [0.4, 0.5) is 0 Å². The Kier molecular flexibility index (Phi) is 4.61. The van der Waals surface area contributed by atoms with E-state index in [1.54, 1.807) is 0 Å². The fourth-order valence-electron chi connectivity index (χ4n) is 2.52. The first-order valence-corrected chi connectivity index (χ1v) is 7.09. The second-order valence-corrected chi connectivity index (χ2v) is 5.31. The van der Waals surface area contributed by atoms with Gasteiger partial charge in [0.1, 0.15) is 0 Å². The van der Waals surface area contributed by atoms with Gasteiger partial charge in [0.15, 0.2) is 0 Å². The third-order valence-electron chi connectivity index (χ3n) is 3.95. The molecule has 0 spiro atoms. The van der Waals surface area contributed by atoms with Gasteiger partial charge in [-0.2, -0.15) is 0 Å². The molecule has 1 unspecified atom stereocenters. The Labute approximate surface area is 105 Å². The highest BCUT2D eigenvalue weighted by molar-refractivity contribution is 5.28. The molecule has 0 heterocycles. The van der Waals surface area contributed by atoms with Gasteiger partial charge in [-0.25, -0.2) is 0 Å². The van der Waals surface area contributed by atoms with Gasteiger partial charge in [-0.15, -0.1) is 0 Å². The fraction of sp³-hybridized carbons (Fsp3) is 0.625. The molecule has 1 aromatic carbocycles. The largest absolute Gasteiger partial charge is 0.388 e. The summed E-state index contributed by atoms with van der Waals surface area (Å²) in [6, 6.07) is 8.61. The van der Waals surface area contributed by atoms with Gasteiger partial charge in [0, 0.05) is 0 Å². The topological polar surface area (TPSA) is 20.2 Å². The van der Waals surface area contributed by atoms with E-state index in [2.05, 4.69) is 31.2 Å². The molecule has 0 bridgehead atoms. The average molecular weight is 232 g/mol. The van der Waals surface area contributed by atoms with E-state index in [0.717, 1.165) is 24.3 Å². The maximum absolute atomic E-state index is 10.1. The molecule has 1 atom stereocenters. The first kappa shape index (κ1) is 12.6. The molecule has 1 aliphatic rings. The van der Waals surface area contributed by atoms with E-state index >= 15 is 0 Å². The first-order valence-electron chi connectivity index (χ1n) is 7.09. The monoisotopic (exact) mass is 232 g/mol. The van der Waals surface area contributed by atoms with Gasteiger partial charge < -0.3 is 5.11 Å². The third-order valence-corrected chi connectivity index (χ3v) is 3.95. The molecule has 1 nitrogen and oxygen atoms in total. The molecule has 1 heteroatoms. The minimum atomic E-state index is -0.262. The summed E-state index contributed by atoms with van der Waals surface area (Å²) < 4.78 is 0. The van der Waals surface area contributed by atoms with Crippen molar-refractivity contribution in [1.82, 2.24) is 0 Å². The smallest absolute Gasteiger partial charge is 0.0790 e. The van der Waals surface area contributed by atoms with Crippen molar-refractivity contribution in [2.45, 2.75) is 63.9 Å². The third kappa shape index (κ3) is 3.32. The molecule has 17 heavy (non-hydrogen) atoms. The van der Waals surface area contributed by atoms with E-state index in [-0.39, 0.29) is 6.10 Å². The molecule has 94 valence electrons. The van der Waals surface area contributed by atoms with Crippen LogP contribution in [-0.4, -0.2) is 5.11 Å². The van der Waals surface area contributed by atoms with Crippen LogP contribution in [-0.2, 0) is 0 Å². The van der Waals surface area contributed by atoms with E-state index in [9.17, 15) is 5.11 Å². The minimum absolute atomic E-state index is 0.262. The van der Waals surface area contributed by atoms with Gasteiger partial charge in [-0.05, 0) is 36.3 Å². The van der Waals surface area contributed by atoms with E-state index < -0.39 is 0 Å². The van der Waals surface area contributed by atoms with Gasteiger partial charge in [-0.3, -0.25) is 0 Å². The van der Waals surface area contributed by atoms with Gasteiger partial charge in [-0.1, -0.05) is 56.9 Å². The van der Waals surface area contributed by atoms with E-state index in [1.165, 1.54) is 37.7 Å². The quantitative estimate of drug-likeness (QED) is 0.712. The molecule has 0 aliphatic heterocycles. The van der Waals surface area contributed by atoms with Crippen molar-refractivity contribution in [2.24, 2.45) is 0 Å². The Morgan fingerprint density at radius 2 is 2.12 bits per heavy atom. The van der Waals surface area contributed by atoms with Crippen molar-refractivity contribution in [1.29, 1.82) is 0 Å². The molecule has 0 aromatic heterocycles. The number of aliphatic hydroxyl groups is 1. The summed E-state index contributed by atoms with van der Waals surface area (Å²) in [4.78, 5) is 0. The van der Waals surface area contributed by atoms with Crippen molar-refractivity contribution in [2.75, 3.05) is 0 Å². The SMILES string of the molecule is CCCCCC(O)c1cccc(C2CCC2)c1. The Morgan fingerprint density at radius 1 is 1.29 bits per heavy atom. The molecule has 0 amide bonds. The summed E-state index contributed by atoms with van der Waals surface area (Å²) in [7, 11) is 0. The summed E-state index contributed by atoms with van der Waals surface area (Å²) in [6.45, 7) is 2.20. The molecular weight excluding hydrogens is 208 g/mol. The van der Waals surface area contributed by atoms with Crippen LogP contribution in [0.5, 0.6) is 0 Å². The molecule has 0 radical (unpaired) electrons. The van der Waals surface area contributed by atoms with Crippen molar-refractivity contribution in [3.8, 4) is 0 Å². The molecule has 2 rings (SSSR count). The number of rotatable bonds is 6. The standard InChI is InChI=1S/C16H24O/c1-2-3-4-11-16(17)15-10-6-9-14(12-15)13-7-5-8-13/h6,9-10,12-13,16-17H,2-5,7-8,11H2,1H3. The summed E-state index contributed by atoms with van der Waals surface area (Å²) >= 11 is 0. The highest BCUT2D eigenvalue weighted by Gasteiger charge is 2.20. The van der Waals surface area contributed by atoms with Crippen molar-refractivity contribution >= 4 is 0 Å². The first-order chi connectivity index (χ1) is 8.31. The molecular formula is C16H24O. The molecule has 0 saturated heterocycles. The lowest BCUT2D eigenvalue weighted by Gasteiger charge is -2.26. The van der Waals surface area contributed by atoms with Crippen molar-refractivity contribution in [3.05, 3.63) is 35.4 Å². The van der Waals surface area contributed by atoms with Crippen molar-refractivity contribution in [3.63, 3.8) is 0 Å². The lowest BCUT2D eigenvalue weighted by molar-refractivity contribution is 0.163. The number of hydrogen-bond acceptors (Lipinski definition) is 1. The maximum atomic E-state index is 10.1. The average Bonchev–Trinajstić information content (AvgIpc) is 2.27. The zero-order chi connectivity index (χ0) is 12.1. The van der Waals surface area contributed by atoms with Crippen LogP contribution >= 0.6 is 0 Å². The predicted octanol–water partition coefficient (Wildman–Crippen LogP) is 4.57. The highest BCUT2D eigenvalue weighted by atomic mass is 16.3. The summed E-state index contributed by atoms with van der Waals surface area (Å²) in [6.07, 6.45) is 8.24. The molecule has 1 N–H and O–H groups in total. The normalized spacial score (nSPS) is 17.8.